The van der Waals surface area contributed by atoms with Crippen molar-refractivity contribution in [3.63, 3.8) is 0 Å². The Balaban J connectivity index is 1.51. The average Bonchev–Trinajstić information content (AvgIpc) is 2.88. The molecule has 1 aromatic carbocycles. The van der Waals surface area contributed by atoms with Crippen molar-refractivity contribution >= 4 is 33.4 Å². The van der Waals surface area contributed by atoms with Crippen LogP contribution in [0, 0.1) is 6.92 Å². The zero-order valence-electron chi connectivity index (χ0n) is 13.6. The molecule has 24 heavy (non-hydrogen) atoms. The van der Waals surface area contributed by atoms with Crippen LogP contribution in [0.3, 0.4) is 0 Å². The minimum absolute atomic E-state index is 0.113. The Morgan fingerprint density at radius 1 is 1.25 bits per heavy atom. The molecule has 2 aromatic rings. The maximum atomic E-state index is 12.4. The molecule has 1 aromatic heterocycles. The van der Waals surface area contributed by atoms with Gasteiger partial charge in [0.2, 0.25) is 5.91 Å². The van der Waals surface area contributed by atoms with Crippen molar-refractivity contribution in [2.45, 2.75) is 20.0 Å². The fourth-order valence-corrected chi connectivity index (χ4v) is 3.35. The van der Waals surface area contributed by atoms with Gasteiger partial charge in [0.1, 0.15) is 6.54 Å². The summed E-state index contributed by atoms with van der Waals surface area (Å²) in [5.74, 6) is 0.113. The zero-order chi connectivity index (χ0) is 17.1. The van der Waals surface area contributed by atoms with Crippen LogP contribution < -0.4 is 0 Å². The summed E-state index contributed by atoms with van der Waals surface area (Å²) in [7, 11) is 0. The van der Waals surface area contributed by atoms with Gasteiger partial charge in [-0.3, -0.25) is 14.4 Å². The van der Waals surface area contributed by atoms with E-state index in [1.165, 1.54) is 0 Å². The Morgan fingerprint density at radius 2 is 1.96 bits per heavy atom. The molecule has 128 valence electrons. The highest BCUT2D eigenvalue weighted by Gasteiger charge is 2.22. The minimum Gasteiger partial charge on any atom is -0.339 e. The van der Waals surface area contributed by atoms with Gasteiger partial charge in [-0.1, -0.05) is 29.8 Å². The van der Waals surface area contributed by atoms with E-state index in [4.69, 9.17) is 11.6 Å². The van der Waals surface area contributed by atoms with Gasteiger partial charge in [-0.25, -0.2) is 0 Å². The minimum atomic E-state index is 0.113. The first kappa shape index (κ1) is 17.5. The molecule has 0 spiro atoms. The number of hydrogen-bond acceptors (Lipinski definition) is 3. The Kier molecular flexibility index (Phi) is 5.58. The quantitative estimate of drug-likeness (QED) is 0.777. The van der Waals surface area contributed by atoms with Gasteiger partial charge < -0.3 is 4.90 Å². The van der Waals surface area contributed by atoms with Gasteiger partial charge in [0.25, 0.3) is 0 Å². The lowest BCUT2D eigenvalue weighted by Crippen LogP contribution is -2.49. The number of nitrogens with zero attached hydrogens (tertiary/aromatic N) is 4. The van der Waals surface area contributed by atoms with Crippen LogP contribution in [0.1, 0.15) is 11.3 Å². The van der Waals surface area contributed by atoms with Crippen molar-refractivity contribution in [1.29, 1.82) is 0 Å². The predicted molar refractivity (Wildman–Crippen MR) is 98.0 cm³/mol. The molecular formula is C17H20BrClN4O. The number of amides is 1. The number of benzene rings is 1. The van der Waals surface area contributed by atoms with Gasteiger partial charge in [-0.15, -0.1) is 0 Å². The SMILES string of the molecule is Cc1nn(CC(=O)N2CCN(Cc3ccccc3Cl)CC2)cc1Br. The van der Waals surface area contributed by atoms with Crippen molar-refractivity contribution in [2.75, 3.05) is 26.2 Å². The zero-order valence-corrected chi connectivity index (χ0v) is 15.9. The molecule has 1 aliphatic rings. The Hall–Kier alpha value is -1.37. The second-order valence-electron chi connectivity index (χ2n) is 6.01. The van der Waals surface area contributed by atoms with Crippen LogP contribution in [0.25, 0.3) is 0 Å². The van der Waals surface area contributed by atoms with E-state index >= 15 is 0 Å². The molecule has 0 saturated carbocycles. The molecule has 3 rings (SSSR count). The Labute approximate surface area is 155 Å². The first-order valence-corrected chi connectivity index (χ1v) is 9.13. The van der Waals surface area contributed by atoms with E-state index in [-0.39, 0.29) is 12.5 Å². The molecule has 0 unspecified atom stereocenters. The number of carbonyl (C=O) groups excluding carboxylic acids is 1. The van der Waals surface area contributed by atoms with Gasteiger partial charge in [0, 0.05) is 43.9 Å². The van der Waals surface area contributed by atoms with Crippen LogP contribution in [-0.4, -0.2) is 51.7 Å². The molecule has 0 atom stereocenters. The smallest absolute Gasteiger partial charge is 0.244 e. The van der Waals surface area contributed by atoms with Crippen LogP contribution >= 0.6 is 27.5 Å². The normalized spacial score (nSPS) is 15.7. The third-order valence-electron chi connectivity index (χ3n) is 4.26. The molecule has 1 saturated heterocycles. The summed E-state index contributed by atoms with van der Waals surface area (Å²) in [5, 5.41) is 5.12. The molecule has 0 bridgehead atoms. The van der Waals surface area contributed by atoms with Crippen LogP contribution in [0.15, 0.2) is 34.9 Å². The van der Waals surface area contributed by atoms with Crippen molar-refractivity contribution in [3.05, 3.63) is 51.2 Å². The topological polar surface area (TPSA) is 41.4 Å². The number of piperazine rings is 1. The highest BCUT2D eigenvalue weighted by molar-refractivity contribution is 9.10. The van der Waals surface area contributed by atoms with Crippen LogP contribution in [0.2, 0.25) is 5.02 Å². The first-order valence-electron chi connectivity index (χ1n) is 7.96. The maximum absolute atomic E-state index is 12.4. The highest BCUT2D eigenvalue weighted by Crippen LogP contribution is 2.18. The molecule has 0 radical (unpaired) electrons. The molecule has 0 N–H and O–H groups in total. The second-order valence-corrected chi connectivity index (χ2v) is 7.27. The van der Waals surface area contributed by atoms with Crippen molar-refractivity contribution in [1.82, 2.24) is 19.6 Å². The van der Waals surface area contributed by atoms with Crippen LogP contribution in [0.4, 0.5) is 0 Å². The number of aryl methyl sites for hydroxylation is 1. The second kappa shape index (κ2) is 7.68. The van der Waals surface area contributed by atoms with E-state index in [2.05, 4.69) is 32.0 Å². The summed E-state index contributed by atoms with van der Waals surface area (Å²) in [5.41, 5.74) is 2.03. The van der Waals surface area contributed by atoms with Gasteiger partial charge in [0.15, 0.2) is 0 Å². The van der Waals surface area contributed by atoms with E-state index < -0.39 is 0 Å². The summed E-state index contributed by atoms with van der Waals surface area (Å²) >= 11 is 9.64. The fourth-order valence-electron chi connectivity index (χ4n) is 2.84. The monoisotopic (exact) mass is 410 g/mol. The lowest BCUT2D eigenvalue weighted by molar-refractivity contribution is -0.133. The average molecular weight is 412 g/mol. The van der Waals surface area contributed by atoms with Gasteiger partial charge in [-0.05, 0) is 34.5 Å². The molecule has 1 aliphatic heterocycles. The van der Waals surface area contributed by atoms with E-state index in [1.54, 1.807) is 4.68 Å². The highest BCUT2D eigenvalue weighted by atomic mass is 79.9. The van der Waals surface area contributed by atoms with Crippen molar-refractivity contribution < 1.29 is 4.79 Å². The molecule has 7 heteroatoms. The number of rotatable bonds is 4. The van der Waals surface area contributed by atoms with E-state index in [0.717, 1.165) is 53.5 Å². The Bertz CT molecular complexity index is 706. The number of carbonyl (C=O) groups is 1. The molecular weight excluding hydrogens is 392 g/mol. The van der Waals surface area contributed by atoms with Gasteiger partial charge in [0.05, 0.1) is 10.2 Å². The molecule has 2 heterocycles. The molecule has 1 amide bonds. The molecule has 5 nitrogen and oxygen atoms in total. The molecule has 0 aliphatic carbocycles. The van der Waals surface area contributed by atoms with E-state index in [9.17, 15) is 4.79 Å². The van der Waals surface area contributed by atoms with Gasteiger partial charge in [-0.2, -0.15) is 5.10 Å². The third-order valence-corrected chi connectivity index (χ3v) is 5.41. The van der Waals surface area contributed by atoms with Crippen molar-refractivity contribution in [2.24, 2.45) is 0 Å². The Morgan fingerprint density at radius 3 is 2.58 bits per heavy atom. The number of halogens is 2. The summed E-state index contributed by atoms with van der Waals surface area (Å²) < 4.78 is 2.62. The lowest BCUT2D eigenvalue weighted by Gasteiger charge is -2.34. The first-order chi connectivity index (χ1) is 11.5. The van der Waals surface area contributed by atoms with Crippen molar-refractivity contribution in [3.8, 4) is 0 Å². The summed E-state index contributed by atoms with van der Waals surface area (Å²) in [6.07, 6.45) is 1.85. The lowest BCUT2D eigenvalue weighted by atomic mass is 10.2. The molecule has 1 fully saturated rings. The predicted octanol–water partition coefficient (Wildman–Crippen LogP) is 2.95. The summed E-state index contributed by atoms with van der Waals surface area (Å²) in [4.78, 5) is 16.7. The standard InChI is InChI=1S/C17H20BrClN4O/c1-13-15(18)11-23(20-13)12-17(24)22-8-6-21(7-9-22)10-14-4-2-3-5-16(14)19/h2-5,11H,6-10,12H2,1H3. The van der Waals surface area contributed by atoms with E-state index in [0.29, 0.717) is 0 Å². The fraction of sp³-hybridized carbons (Fsp3) is 0.412. The number of hydrogen-bond donors (Lipinski definition) is 0. The van der Waals surface area contributed by atoms with Crippen LogP contribution in [-0.2, 0) is 17.9 Å². The number of aromatic nitrogens is 2. The van der Waals surface area contributed by atoms with E-state index in [1.807, 2.05) is 36.2 Å². The van der Waals surface area contributed by atoms with Crippen LogP contribution in [0.5, 0.6) is 0 Å². The maximum Gasteiger partial charge on any atom is 0.244 e. The largest absolute Gasteiger partial charge is 0.339 e. The summed E-state index contributed by atoms with van der Waals surface area (Å²) in [6.45, 7) is 6.23. The van der Waals surface area contributed by atoms with Gasteiger partial charge >= 0.3 is 0 Å². The third kappa shape index (κ3) is 4.18. The summed E-state index contributed by atoms with van der Waals surface area (Å²) in [6, 6.07) is 7.92.